The summed E-state index contributed by atoms with van der Waals surface area (Å²) in [4.78, 5) is 3.66. The highest BCUT2D eigenvalue weighted by atomic mass is 35.5. The van der Waals surface area contributed by atoms with Crippen molar-refractivity contribution in [1.29, 1.82) is 5.26 Å². The van der Waals surface area contributed by atoms with Crippen molar-refractivity contribution in [2.75, 3.05) is 4.72 Å². The van der Waals surface area contributed by atoms with Crippen molar-refractivity contribution in [3.8, 4) is 6.07 Å². The zero-order chi connectivity index (χ0) is 14.9. The maximum Gasteiger partial charge on any atom is 0.282 e. The summed E-state index contributed by atoms with van der Waals surface area (Å²) < 4.78 is 41.0. The van der Waals surface area contributed by atoms with Crippen LogP contribution in [0.15, 0.2) is 29.6 Å². The van der Waals surface area contributed by atoms with Gasteiger partial charge in [0.2, 0.25) is 5.03 Å². The van der Waals surface area contributed by atoms with Gasteiger partial charge in [-0.05, 0) is 12.1 Å². The molecular formula is C11H8ClFN4O2S. The Morgan fingerprint density at radius 3 is 2.75 bits per heavy atom. The van der Waals surface area contributed by atoms with Crippen molar-refractivity contribution >= 4 is 27.3 Å². The standard InChI is InChI=1S/C11H8ClFN4O2S/c1-17-6-15-11(10(17)12)20(18,19)16-9-4-2-3-8(13)7(9)5-14/h2-4,6,16H,1H3. The number of nitrogens with one attached hydrogen (secondary N) is 1. The molecule has 1 N–H and O–H groups in total. The molecule has 0 aliphatic carbocycles. The van der Waals surface area contributed by atoms with Gasteiger partial charge in [-0.25, -0.2) is 9.37 Å². The number of nitriles is 1. The molecule has 0 unspecified atom stereocenters. The molecule has 0 saturated heterocycles. The van der Waals surface area contributed by atoms with Gasteiger partial charge in [0.25, 0.3) is 10.0 Å². The van der Waals surface area contributed by atoms with E-state index in [1.165, 1.54) is 30.1 Å². The molecule has 9 heteroatoms. The van der Waals surface area contributed by atoms with Gasteiger partial charge in [0.05, 0.1) is 12.0 Å². The first-order valence-electron chi connectivity index (χ1n) is 5.25. The molecule has 2 aromatic rings. The van der Waals surface area contributed by atoms with Crippen LogP contribution in [0.2, 0.25) is 5.15 Å². The molecule has 0 aliphatic heterocycles. The van der Waals surface area contributed by atoms with Crippen molar-refractivity contribution in [1.82, 2.24) is 9.55 Å². The van der Waals surface area contributed by atoms with Crippen LogP contribution in [0.3, 0.4) is 0 Å². The van der Waals surface area contributed by atoms with Gasteiger partial charge in [0.1, 0.15) is 22.6 Å². The number of aromatic nitrogens is 2. The Hall–Kier alpha value is -2.11. The first-order chi connectivity index (χ1) is 9.36. The lowest BCUT2D eigenvalue weighted by molar-refractivity contribution is 0.598. The van der Waals surface area contributed by atoms with Gasteiger partial charge in [0.15, 0.2) is 0 Å². The fourth-order valence-electron chi connectivity index (χ4n) is 1.49. The normalized spacial score (nSPS) is 11.1. The van der Waals surface area contributed by atoms with Crippen LogP contribution < -0.4 is 4.72 Å². The minimum absolute atomic E-state index is 0.0904. The molecule has 1 aromatic carbocycles. The van der Waals surface area contributed by atoms with Gasteiger partial charge >= 0.3 is 0 Å². The number of hydrogen-bond acceptors (Lipinski definition) is 4. The number of halogens is 2. The SMILES string of the molecule is Cn1cnc(S(=O)(=O)Nc2cccc(F)c2C#N)c1Cl. The van der Waals surface area contributed by atoms with Gasteiger partial charge in [-0.2, -0.15) is 13.7 Å². The van der Waals surface area contributed by atoms with Crippen LogP contribution in [0.5, 0.6) is 0 Å². The van der Waals surface area contributed by atoms with Crippen molar-refractivity contribution < 1.29 is 12.8 Å². The molecule has 104 valence electrons. The highest BCUT2D eigenvalue weighted by Crippen LogP contribution is 2.24. The van der Waals surface area contributed by atoms with E-state index in [2.05, 4.69) is 9.71 Å². The number of imidazole rings is 1. The predicted octanol–water partition coefficient (Wildman–Crippen LogP) is 1.89. The lowest BCUT2D eigenvalue weighted by Crippen LogP contribution is -2.15. The maximum absolute atomic E-state index is 13.4. The molecule has 0 atom stereocenters. The Labute approximate surface area is 119 Å². The molecule has 20 heavy (non-hydrogen) atoms. The van der Waals surface area contributed by atoms with Crippen LogP contribution in [-0.4, -0.2) is 18.0 Å². The molecule has 0 amide bonds. The monoisotopic (exact) mass is 314 g/mol. The Bertz CT molecular complexity index is 810. The number of hydrogen-bond donors (Lipinski definition) is 1. The van der Waals surface area contributed by atoms with E-state index in [9.17, 15) is 12.8 Å². The molecule has 0 spiro atoms. The van der Waals surface area contributed by atoms with Crippen LogP contribution in [0.1, 0.15) is 5.56 Å². The summed E-state index contributed by atoms with van der Waals surface area (Å²) in [7, 11) is -2.58. The topological polar surface area (TPSA) is 87.8 Å². The zero-order valence-electron chi connectivity index (χ0n) is 10.1. The number of sulfonamides is 1. The highest BCUT2D eigenvalue weighted by Gasteiger charge is 2.24. The van der Waals surface area contributed by atoms with Crippen LogP contribution >= 0.6 is 11.6 Å². The number of aryl methyl sites for hydroxylation is 1. The Kier molecular flexibility index (Phi) is 3.65. The number of rotatable bonds is 3. The third-order valence-electron chi connectivity index (χ3n) is 2.46. The minimum Gasteiger partial charge on any atom is -0.324 e. The van der Waals surface area contributed by atoms with Crippen LogP contribution in [0.4, 0.5) is 10.1 Å². The molecule has 1 heterocycles. The molecule has 0 aliphatic rings. The second-order valence-corrected chi connectivity index (χ2v) is 5.79. The zero-order valence-corrected chi connectivity index (χ0v) is 11.7. The summed E-state index contributed by atoms with van der Waals surface area (Å²) >= 11 is 5.81. The largest absolute Gasteiger partial charge is 0.324 e. The Balaban J connectivity index is 2.47. The van der Waals surface area contributed by atoms with E-state index in [1.54, 1.807) is 6.07 Å². The number of nitrogens with zero attached hydrogens (tertiary/aromatic N) is 3. The molecule has 6 nitrogen and oxygen atoms in total. The van der Waals surface area contributed by atoms with E-state index in [1.807, 2.05) is 0 Å². The third-order valence-corrected chi connectivity index (χ3v) is 4.31. The van der Waals surface area contributed by atoms with E-state index in [0.717, 1.165) is 6.07 Å². The van der Waals surface area contributed by atoms with E-state index in [-0.39, 0.29) is 10.8 Å². The first kappa shape index (κ1) is 14.3. The fraction of sp³-hybridized carbons (Fsp3) is 0.0909. The van der Waals surface area contributed by atoms with Gasteiger partial charge in [0, 0.05) is 7.05 Å². The van der Waals surface area contributed by atoms with E-state index < -0.39 is 26.4 Å². The van der Waals surface area contributed by atoms with Crippen molar-refractivity contribution in [2.24, 2.45) is 7.05 Å². The third kappa shape index (κ3) is 2.45. The lowest BCUT2D eigenvalue weighted by Gasteiger charge is -2.08. The van der Waals surface area contributed by atoms with Gasteiger partial charge in [-0.15, -0.1) is 0 Å². The van der Waals surface area contributed by atoms with Gasteiger partial charge < -0.3 is 4.57 Å². The Morgan fingerprint density at radius 2 is 2.20 bits per heavy atom. The van der Waals surface area contributed by atoms with Crippen molar-refractivity contribution in [3.63, 3.8) is 0 Å². The number of anilines is 1. The van der Waals surface area contributed by atoms with Crippen molar-refractivity contribution in [2.45, 2.75) is 5.03 Å². The highest BCUT2D eigenvalue weighted by molar-refractivity contribution is 7.92. The van der Waals surface area contributed by atoms with Crippen LogP contribution in [0, 0.1) is 17.1 Å². The quantitative estimate of drug-likeness (QED) is 0.937. The summed E-state index contributed by atoms with van der Waals surface area (Å²) in [5.74, 6) is -0.820. The van der Waals surface area contributed by atoms with E-state index >= 15 is 0 Å². The molecular weight excluding hydrogens is 307 g/mol. The Morgan fingerprint density at radius 1 is 1.50 bits per heavy atom. The first-order valence-corrected chi connectivity index (χ1v) is 7.11. The molecule has 0 saturated carbocycles. The second-order valence-electron chi connectivity index (χ2n) is 3.83. The summed E-state index contributed by atoms with van der Waals surface area (Å²) in [5, 5.41) is 8.37. The van der Waals surface area contributed by atoms with E-state index in [0.29, 0.717) is 0 Å². The fourth-order valence-corrected chi connectivity index (χ4v) is 3.00. The van der Waals surface area contributed by atoms with E-state index in [4.69, 9.17) is 16.9 Å². The smallest absolute Gasteiger partial charge is 0.282 e. The van der Waals surface area contributed by atoms with Crippen LogP contribution in [-0.2, 0) is 17.1 Å². The molecule has 1 aromatic heterocycles. The summed E-state index contributed by atoms with van der Waals surface area (Å²) in [6.45, 7) is 0. The summed E-state index contributed by atoms with van der Waals surface area (Å²) in [6, 6.07) is 5.22. The minimum atomic E-state index is -4.10. The number of benzene rings is 1. The molecule has 0 radical (unpaired) electrons. The lowest BCUT2D eigenvalue weighted by atomic mass is 10.2. The van der Waals surface area contributed by atoms with Gasteiger partial charge in [-0.3, -0.25) is 4.72 Å². The van der Waals surface area contributed by atoms with Gasteiger partial charge in [-0.1, -0.05) is 17.7 Å². The summed E-state index contributed by atoms with van der Waals surface area (Å²) in [5.41, 5.74) is -0.572. The maximum atomic E-state index is 13.4. The van der Waals surface area contributed by atoms with Crippen molar-refractivity contribution in [3.05, 3.63) is 41.1 Å². The second kappa shape index (κ2) is 5.11. The molecule has 0 bridgehead atoms. The van der Waals surface area contributed by atoms with Crippen LogP contribution in [0.25, 0.3) is 0 Å². The predicted molar refractivity (Wildman–Crippen MR) is 70.1 cm³/mol. The molecule has 0 fully saturated rings. The summed E-state index contributed by atoms with van der Waals surface area (Å²) in [6.07, 6.45) is 1.23. The average Bonchev–Trinajstić information content (AvgIpc) is 2.70. The average molecular weight is 315 g/mol. The molecule has 2 rings (SSSR count).